The van der Waals surface area contributed by atoms with E-state index in [1.807, 2.05) is 12.1 Å². The van der Waals surface area contributed by atoms with Crippen LogP contribution in [0.1, 0.15) is 18.4 Å². The van der Waals surface area contributed by atoms with E-state index in [-0.39, 0.29) is 5.82 Å². The quantitative estimate of drug-likeness (QED) is 0.630. The maximum atomic E-state index is 13.7. The van der Waals surface area contributed by atoms with Crippen molar-refractivity contribution >= 4 is 23.1 Å². The summed E-state index contributed by atoms with van der Waals surface area (Å²) in [5.41, 5.74) is 2.93. The van der Waals surface area contributed by atoms with Crippen molar-refractivity contribution in [1.29, 1.82) is 0 Å². The van der Waals surface area contributed by atoms with Gasteiger partial charge >= 0.3 is 0 Å². The predicted molar refractivity (Wildman–Crippen MR) is 112 cm³/mol. The first-order valence-corrected chi connectivity index (χ1v) is 9.70. The van der Waals surface area contributed by atoms with Gasteiger partial charge in [-0.25, -0.2) is 9.37 Å². The molecule has 0 unspecified atom stereocenters. The van der Waals surface area contributed by atoms with Crippen LogP contribution < -0.4 is 15.5 Å². The molecule has 1 fully saturated rings. The Morgan fingerprint density at radius 1 is 0.964 bits per heavy atom. The lowest BCUT2D eigenvalue weighted by Crippen LogP contribution is -2.17. The second kappa shape index (κ2) is 8.69. The summed E-state index contributed by atoms with van der Waals surface area (Å²) in [5, 5.41) is 6.47. The molecule has 0 saturated carbocycles. The van der Waals surface area contributed by atoms with Gasteiger partial charge in [-0.1, -0.05) is 18.2 Å². The Morgan fingerprint density at radius 3 is 2.54 bits per heavy atom. The average Bonchev–Trinajstić information content (AvgIpc) is 3.25. The van der Waals surface area contributed by atoms with Crippen molar-refractivity contribution in [1.82, 2.24) is 9.97 Å². The minimum atomic E-state index is -0.182. The molecule has 0 aliphatic carbocycles. The lowest BCUT2D eigenvalue weighted by Gasteiger charge is -2.18. The molecule has 1 aliphatic heterocycles. The topological polar surface area (TPSA) is 53.1 Å². The fourth-order valence-electron chi connectivity index (χ4n) is 3.40. The lowest BCUT2D eigenvalue weighted by atomic mass is 10.1. The van der Waals surface area contributed by atoms with Crippen molar-refractivity contribution in [3.05, 3.63) is 72.2 Å². The summed E-state index contributed by atoms with van der Waals surface area (Å²) in [4.78, 5) is 11.1. The van der Waals surface area contributed by atoms with Gasteiger partial charge in [-0.2, -0.15) is 4.98 Å². The highest BCUT2D eigenvalue weighted by molar-refractivity contribution is 5.61. The molecular weight excluding hydrogens is 353 g/mol. The van der Waals surface area contributed by atoms with E-state index in [1.165, 1.54) is 24.6 Å². The van der Waals surface area contributed by atoms with E-state index in [9.17, 15) is 4.39 Å². The Balaban J connectivity index is 1.33. The van der Waals surface area contributed by atoms with Crippen LogP contribution in [0.15, 0.2) is 60.8 Å². The Bertz CT molecular complexity index is 907. The smallest absolute Gasteiger partial charge is 0.224 e. The molecule has 1 saturated heterocycles. The summed E-state index contributed by atoms with van der Waals surface area (Å²) < 4.78 is 13.7. The van der Waals surface area contributed by atoms with E-state index >= 15 is 0 Å². The van der Waals surface area contributed by atoms with E-state index in [4.69, 9.17) is 0 Å². The van der Waals surface area contributed by atoms with E-state index in [1.54, 1.807) is 18.3 Å². The van der Waals surface area contributed by atoms with Gasteiger partial charge in [0.05, 0.1) is 0 Å². The molecule has 1 aliphatic rings. The van der Waals surface area contributed by atoms with Gasteiger partial charge in [0.2, 0.25) is 5.95 Å². The minimum Gasteiger partial charge on any atom is -0.372 e. The number of nitrogens with one attached hydrogen (secondary N) is 2. The number of aromatic nitrogens is 2. The highest BCUT2D eigenvalue weighted by Gasteiger charge is 2.11. The molecule has 6 heteroatoms. The second-order valence-corrected chi connectivity index (χ2v) is 6.90. The highest BCUT2D eigenvalue weighted by atomic mass is 19.1. The van der Waals surface area contributed by atoms with Crippen LogP contribution >= 0.6 is 0 Å². The number of hydrogen-bond acceptors (Lipinski definition) is 5. The van der Waals surface area contributed by atoms with Gasteiger partial charge in [-0.15, -0.1) is 0 Å². The van der Waals surface area contributed by atoms with Crippen LogP contribution in [-0.2, 0) is 6.42 Å². The van der Waals surface area contributed by atoms with Crippen molar-refractivity contribution in [3.8, 4) is 0 Å². The maximum Gasteiger partial charge on any atom is 0.224 e. The van der Waals surface area contributed by atoms with Crippen LogP contribution in [0, 0.1) is 5.82 Å². The molecule has 3 aromatic rings. The SMILES string of the molecule is Fc1ccccc1CCNc1nccc(Nc2ccc(N3CCCC3)cc2)n1. The van der Waals surface area contributed by atoms with Gasteiger partial charge in [0.25, 0.3) is 0 Å². The molecule has 0 spiro atoms. The monoisotopic (exact) mass is 377 g/mol. The third-order valence-electron chi connectivity index (χ3n) is 4.90. The van der Waals surface area contributed by atoms with E-state index < -0.39 is 0 Å². The van der Waals surface area contributed by atoms with Crippen LogP contribution in [0.3, 0.4) is 0 Å². The van der Waals surface area contributed by atoms with Crippen molar-refractivity contribution in [3.63, 3.8) is 0 Å². The molecule has 2 heterocycles. The van der Waals surface area contributed by atoms with Gasteiger partial charge in [-0.05, 0) is 61.2 Å². The first-order chi connectivity index (χ1) is 13.8. The summed E-state index contributed by atoms with van der Waals surface area (Å²) in [6.45, 7) is 2.84. The molecule has 1 aromatic heterocycles. The van der Waals surface area contributed by atoms with Gasteiger partial charge in [0.1, 0.15) is 11.6 Å². The molecule has 0 bridgehead atoms. The first-order valence-electron chi connectivity index (χ1n) is 9.70. The van der Waals surface area contributed by atoms with E-state index in [0.29, 0.717) is 24.5 Å². The Hall–Kier alpha value is -3.15. The summed E-state index contributed by atoms with van der Waals surface area (Å²) in [6.07, 6.45) is 4.83. The van der Waals surface area contributed by atoms with Gasteiger partial charge < -0.3 is 15.5 Å². The Morgan fingerprint density at radius 2 is 1.75 bits per heavy atom. The zero-order chi connectivity index (χ0) is 19.2. The number of halogens is 1. The Labute approximate surface area is 164 Å². The number of hydrogen-bond donors (Lipinski definition) is 2. The summed E-state index contributed by atoms with van der Waals surface area (Å²) >= 11 is 0. The number of benzene rings is 2. The minimum absolute atomic E-state index is 0.182. The summed E-state index contributed by atoms with van der Waals surface area (Å²) in [7, 11) is 0. The first kappa shape index (κ1) is 18.2. The fraction of sp³-hybridized carbons (Fsp3) is 0.273. The van der Waals surface area contributed by atoms with Crippen LogP contribution in [0.4, 0.5) is 27.5 Å². The van der Waals surface area contributed by atoms with Gasteiger partial charge in [-0.3, -0.25) is 0 Å². The molecule has 2 aromatic carbocycles. The van der Waals surface area contributed by atoms with Gasteiger partial charge in [0.15, 0.2) is 0 Å². The molecule has 0 amide bonds. The molecule has 144 valence electrons. The number of anilines is 4. The van der Waals surface area contributed by atoms with Crippen LogP contribution in [0.25, 0.3) is 0 Å². The normalized spacial score (nSPS) is 13.5. The lowest BCUT2D eigenvalue weighted by molar-refractivity contribution is 0.610. The Kier molecular flexibility index (Phi) is 5.66. The fourth-order valence-corrected chi connectivity index (χ4v) is 3.40. The molecule has 0 atom stereocenters. The standard InChI is InChI=1S/C22H24FN5/c23-20-6-2-1-5-17(20)11-13-24-22-25-14-12-21(27-22)26-18-7-9-19(10-8-18)28-15-3-4-16-28/h1-2,5-10,12,14H,3-4,11,13,15-16H2,(H2,24,25,26,27). The van der Waals surface area contributed by atoms with Crippen LogP contribution in [0.2, 0.25) is 0 Å². The molecule has 0 radical (unpaired) electrons. The van der Waals surface area contributed by atoms with Crippen LogP contribution in [0.5, 0.6) is 0 Å². The van der Waals surface area contributed by atoms with E-state index in [0.717, 1.165) is 24.6 Å². The molecule has 2 N–H and O–H groups in total. The van der Waals surface area contributed by atoms with Gasteiger partial charge in [0, 0.05) is 37.2 Å². The van der Waals surface area contributed by atoms with Crippen molar-refractivity contribution in [2.75, 3.05) is 35.2 Å². The second-order valence-electron chi connectivity index (χ2n) is 6.90. The van der Waals surface area contributed by atoms with Crippen molar-refractivity contribution in [2.45, 2.75) is 19.3 Å². The third kappa shape index (κ3) is 4.57. The summed E-state index contributed by atoms with van der Waals surface area (Å²) in [5.74, 6) is 1.06. The molecule has 4 rings (SSSR count). The third-order valence-corrected chi connectivity index (χ3v) is 4.90. The number of nitrogens with zero attached hydrogens (tertiary/aromatic N) is 3. The van der Waals surface area contributed by atoms with Crippen molar-refractivity contribution < 1.29 is 4.39 Å². The molecule has 28 heavy (non-hydrogen) atoms. The molecule has 5 nitrogen and oxygen atoms in total. The van der Waals surface area contributed by atoms with Crippen molar-refractivity contribution in [2.24, 2.45) is 0 Å². The molecular formula is C22H24FN5. The maximum absolute atomic E-state index is 13.7. The van der Waals surface area contributed by atoms with Crippen LogP contribution in [-0.4, -0.2) is 29.6 Å². The predicted octanol–water partition coefficient (Wildman–Crippen LogP) is 4.61. The van der Waals surface area contributed by atoms with E-state index in [2.05, 4.69) is 49.8 Å². The average molecular weight is 377 g/mol. The largest absolute Gasteiger partial charge is 0.372 e. The highest BCUT2D eigenvalue weighted by Crippen LogP contribution is 2.23. The number of rotatable bonds is 7. The summed E-state index contributed by atoms with van der Waals surface area (Å²) in [6, 6.07) is 17.1. The zero-order valence-electron chi connectivity index (χ0n) is 15.7. The zero-order valence-corrected chi connectivity index (χ0v) is 15.7.